The third-order valence-corrected chi connectivity index (χ3v) is 3.50. The predicted molar refractivity (Wildman–Crippen MR) is 81.2 cm³/mol. The number of anilines is 1. The molecule has 3 rings (SSSR count). The lowest BCUT2D eigenvalue weighted by molar-refractivity contribution is -0.116. The second-order valence-corrected chi connectivity index (χ2v) is 5.15. The van der Waals surface area contributed by atoms with Crippen molar-refractivity contribution in [1.82, 2.24) is 19.6 Å². The Kier molecular flexibility index (Phi) is 3.62. The van der Waals surface area contributed by atoms with Crippen LogP contribution in [0.25, 0.3) is 10.9 Å². The third kappa shape index (κ3) is 2.90. The van der Waals surface area contributed by atoms with Gasteiger partial charge in [0.15, 0.2) is 0 Å². The molecule has 2 heterocycles. The number of benzene rings is 1. The van der Waals surface area contributed by atoms with E-state index >= 15 is 0 Å². The van der Waals surface area contributed by atoms with Crippen molar-refractivity contribution < 1.29 is 4.79 Å². The van der Waals surface area contributed by atoms with Gasteiger partial charge in [-0.1, -0.05) is 17.7 Å². The van der Waals surface area contributed by atoms with E-state index in [9.17, 15) is 4.79 Å². The normalized spacial score (nSPS) is 11.0. The van der Waals surface area contributed by atoms with Crippen molar-refractivity contribution in [3.8, 4) is 0 Å². The zero-order chi connectivity index (χ0) is 14.8. The van der Waals surface area contributed by atoms with Gasteiger partial charge in [0.2, 0.25) is 5.91 Å². The van der Waals surface area contributed by atoms with E-state index in [-0.39, 0.29) is 5.91 Å². The van der Waals surface area contributed by atoms with Crippen molar-refractivity contribution in [2.75, 3.05) is 5.32 Å². The monoisotopic (exact) mass is 303 g/mol. The van der Waals surface area contributed by atoms with Crippen molar-refractivity contribution in [1.29, 1.82) is 0 Å². The Morgan fingerprint density at radius 3 is 2.95 bits per heavy atom. The third-order valence-electron chi connectivity index (χ3n) is 3.17. The molecule has 6 nitrogen and oxygen atoms in total. The Morgan fingerprint density at radius 2 is 2.19 bits per heavy atom. The molecule has 0 saturated heterocycles. The summed E-state index contributed by atoms with van der Waals surface area (Å²) in [7, 11) is 1.80. The second kappa shape index (κ2) is 5.57. The van der Waals surface area contributed by atoms with E-state index in [0.717, 1.165) is 10.9 Å². The van der Waals surface area contributed by atoms with E-state index in [1.165, 1.54) is 0 Å². The van der Waals surface area contributed by atoms with Crippen LogP contribution < -0.4 is 5.32 Å². The van der Waals surface area contributed by atoms with Gasteiger partial charge in [-0.25, -0.2) is 0 Å². The Hall–Kier alpha value is -2.34. The fraction of sp³-hybridized carbons (Fsp3) is 0.214. The van der Waals surface area contributed by atoms with Crippen LogP contribution >= 0.6 is 11.6 Å². The highest BCUT2D eigenvalue weighted by Crippen LogP contribution is 2.22. The first-order valence-electron chi connectivity index (χ1n) is 6.52. The summed E-state index contributed by atoms with van der Waals surface area (Å²) in [6, 6.07) is 5.64. The van der Waals surface area contributed by atoms with Gasteiger partial charge in [-0.2, -0.15) is 10.2 Å². The van der Waals surface area contributed by atoms with E-state index in [1.54, 1.807) is 35.0 Å². The zero-order valence-electron chi connectivity index (χ0n) is 11.5. The summed E-state index contributed by atoms with van der Waals surface area (Å²) >= 11 is 6.10. The van der Waals surface area contributed by atoms with Gasteiger partial charge in [-0.05, 0) is 12.1 Å². The largest absolute Gasteiger partial charge is 0.323 e. The summed E-state index contributed by atoms with van der Waals surface area (Å²) in [5.41, 5.74) is 1.62. The molecule has 3 aromatic rings. The molecule has 0 atom stereocenters. The highest BCUT2D eigenvalue weighted by molar-refractivity contribution is 6.35. The maximum absolute atomic E-state index is 11.9. The van der Waals surface area contributed by atoms with Crippen LogP contribution in [0.15, 0.2) is 36.8 Å². The van der Waals surface area contributed by atoms with E-state index in [1.807, 2.05) is 18.2 Å². The zero-order valence-corrected chi connectivity index (χ0v) is 12.2. The number of hydrogen-bond donors (Lipinski definition) is 1. The SMILES string of the molecule is Cn1cc(NC(=O)CCn2ncc3c(Cl)cccc32)cn1. The standard InChI is InChI=1S/C14H14ClN5O/c1-19-9-10(7-16-19)18-14(21)5-6-20-13-4-2-3-12(15)11(13)8-17-20/h2-4,7-9H,5-6H2,1H3,(H,18,21). The van der Waals surface area contributed by atoms with Crippen LogP contribution in [0.5, 0.6) is 0 Å². The molecule has 0 fully saturated rings. The number of halogens is 1. The second-order valence-electron chi connectivity index (χ2n) is 4.74. The molecule has 0 saturated carbocycles. The Balaban J connectivity index is 1.66. The Bertz CT molecular complexity index is 792. The number of carbonyl (C=O) groups excluding carboxylic acids is 1. The molecule has 0 aliphatic carbocycles. The first-order valence-corrected chi connectivity index (χ1v) is 6.90. The molecule has 1 aromatic carbocycles. The molecule has 1 amide bonds. The molecule has 0 aliphatic heterocycles. The Morgan fingerprint density at radius 1 is 1.33 bits per heavy atom. The molecule has 2 aromatic heterocycles. The molecule has 0 spiro atoms. The first kappa shape index (κ1) is 13.6. The fourth-order valence-corrected chi connectivity index (χ4v) is 2.38. The van der Waals surface area contributed by atoms with Crippen LogP contribution in [0.2, 0.25) is 5.02 Å². The lowest BCUT2D eigenvalue weighted by Gasteiger charge is -2.04. The van der Waals surface area contributed by atoms with Gasteiger partial charge in [-0.3, -0.25) is 14.2 Å². The number of amides is 1. The molecular formula is C14H14ClN5O. The topological polar surface area (TPSA) is 64.7 Å². The van der Waals surface area contributed by atoms with Gasteiger partial charge < -0.3 is 5.32 Å². The maximum Gasteiger partial charge on any atom is 0.226 e. The molecule has 108 valence electrons. The highest BCUT2D eigenvalue weighted by Gasteiger charge is 2.08. The molecule has 0 aliphatic rings. The first-order chi connectivity index (χ1) is 10.1. The summed E-state index contributed by atoms with van der Waals surface area (Å²) in [5.74, 6) is -0.0753. The van der Waals surface area contributed by atoms with Gasteiger partial charge in [0, 0.05) is 25.1 Å². The van der Waals surface area contributed by atoms with Crippen LogP contribution in [0.3, 0.4) is 0 Å². The average Bonchev–Trinajstić information content (AvgIpc) is 3.04. The minimum absolute atomic E-state index is 0.0753. The predicted octanol–water partition coefficient (Wildman–Crippen LogP) is 2.45. The van der Waals surface area contributed by atoms with Gasteiger partial charge in [0.1, 0.15) is 0 Å². The van der Waals surface area contributed by atoms with Crippen molar-refractivity contribution >= 4 is 34.1 Å². The summed E-state index contributed by atoms with van der Waals surface area (Å²) in [5, 5.41) is 12.6. The van der Waals surface area contributed by atoms with Crippen molar-refractivity contribution in [3.63, 3.8) is 0 Å². The number of aromatic nitrogens is 4. The Labute approximate surface area is 126 Å². The number of carbonyl (C=O) groups is 1. The molecule has 7 heteroatoms. The van der Waals surface area contributed by atoms with Crippen molar-refractivity contribution in [2.45, 2.75) is 13.0 Å². The smallest absolute Gasteiger partial charge is 0.226 e. The lowest BCUT2D eigenvalue weighted by Crippen LogP contribution is -2.14. The van der Waals surface area contributed by atoms with E-state index in [2.05, 4.69) is 15.5 Å². The van der Waals surface area contributed by atoms with Crippen LogP contribution in [0.1, 0.15) is 6.42 Å². The highest BCUT2D eigenvalue weighted by atomic mass is 35.5. The fourth-order valence-electron chi connectivity index (χ4n) is 2.16. The number of aryl methyl sites for hydroxylation is 2. The minimum Gasteiger partial charge on any atom is -0.323 e. The number of nitrogens with one attached hydrogen (secondary N) is 1. The van der Waals surface area contributed by atoms with E-state index < -0.39 is 0 Å². The van der Waals surface area contributed by atoms with Crippen molar-refractivity contribution in [2.24, 2.45) is 7.05 Å². The summed E-state index contributed by atoms with van der Waals surface area (Å²) < 4.78 is 3.42. The van der Waals surface area contributed by atoms with Crippen LogP contribution in [-0.4, -0.2) is 25.5 Å². The van der Waals surface area contributed by atoms with Crippen LogP contribution in [0.4, 0.5) is 5.69 Å². The summed E-state index contributed by atoms with van der Waals surface area (Å²) in [4.78, 5) is 11.9. The van der Waals surface area contributed by atoms with Crippen LogP contribution in [-0.2, 0) is 18.4 Å². The molecule has 21 heavy (non-hydrogen) atoms. The number of rotatable bonds is 4. The van der Waals surface area contributed by atoms with Gasteiger partial charge in [-0.15, -0.1) is 0 Å². The van der Waals surface area contributed by atoms with Gasteiger partial charge in [0.05, 0.1) is 35.2 Å². The average molecular weight is 304 g/mol. The van der Waals surface area contributed by atoms with Gasteiger partial charge in [0.25, 0.3) is 0 Å². The molecule has 1 N–H and O–H groups in total. The van der Waals surface area contributed by atoms with Crippen LogP contribution in [0, 0.1) is 0 Å². The molecular weight excluding hydrogens is 290 g/mol. The molecule has 0 bridgehead atoms. The van der Waals surface area contributed by atoms with Crippen molar-refractivity contribution in [3.05, 3.63) is 41.8 Å². The molecule has 0 unspecified atom stereocenters. The lowest BCUT2D eigenvalue weighted by atomic mass is 10.2. The van der Waals surface area contributed by atoms with E-state index in [0.29, 0.717) is 23.7 Å². The number of fused-ring (bicyclic) bond motifs is 1. The number of nitrogens with zero attached hydrogens (tertiary/aromatic N) is 4. The quantitative estimate of drug-likeness (QED) is 0.805. The summed E-state index contributed by atoms with van der Waals surface area (Å²) in [6.07, 6.45) is 5.41. The minimum atomic E-state index is -0.0753. The number of hydrogen-bond acceptors (Lipinski definition) is 3. The van der Waals surface area contributed by atoms with E-state index in [4.69, 9.17) is 11.6 Å². The maximum atomic E-state index is 11.9. The summed E-state index contributed by atoms with van der Waals surface area (Å²) in [6.45, 7) is 0.496. The van der Waals surface area contributed by atoms with Gasteiger partial charge >= 0.3 is 0 Å². The molecule has 0 radical (unpaired) electrons.